The van der Waals surface area contributed by atoms with Crippen LogP contribution in [0.15, 0.2) is 76.0 Å². The van der Waals surface area contributed by atoms with Crippen LogP contribution in [0.25, 0.3) is 21.3 Å². The zero-order chi connectivity index (χ0) is 23.4. The highest BCUT2D eigenvalue weighted by Crippen LogP contribution is 2.31. The van der Waals surface area contributed by atoms with Crippen molar-refractivity contribution in [1.29, 1.82) is 0 Å². The molecule has 0 saturated heterocycles. The number of Topliss-reactive ketones (excluding diaryl/α,β-unsaturated/α-hetero) is 1. The minimum absolute atomic E-state index is 0.0568. The van der Waals surface area contributed by atoms with Gasteiger partial charge in [-0.1, -0.05) is 72.4 Å². The Bertz CT molecular complexity index is 1350. The van der Waals surface area contributed by atoms with Crippen LogP contribution in [0.5, 0.6) is 0 Å². The fourth-order valence-electron chi connectivity index (χ4n) is 3.52. The van der Waals surface area contributed by atoms with Crippen molar-refractivity contribution < 1.29 is 9.59 Å². The molecule has 2 heterocycles. The van der Waals surface area contributed by atoms with Crippen molar-refractivity contribution in [3.05, 3.63) is 82.0 Å². The topological polar surface area (TPSA) is 81.1 Å². The van der Waals surface area contributed by atoms with E-state index >= 15 is 0 Å². The lowest BCUT2D eigenvalue weighted by Gasteiger charge is -2.16. The molecule has 2 aromatic heterocycles. The van der Waals surface area contributed by atoms with Crippen LogP contribution in [0.1, 0.15) is 12.5 Å². The summed E-state index contributed by atoms with van der Waals surface area (Å²) in [5.41, 5.74) is 2.67. The molecule has 1 N–H and O–H groups in total. The zero-order valence-corrected chi connectivity index (χ0v) is 19.9. The first kappa shape index (κ1) is 22.9. The van der Waals surface area contributed by atoms with E-state index in [1.807, 2.05) is 66.0 Å². The summed E-state index contributed by atoms with van der Waals surface area (Å²) >= 11 is 2.60. The Morgan fingerprint density at radius 2 is 1.76 bits per heavy atom. The van der Waals surface area contributed by atoms with Gasteiger partial charge in [0.1, 0.15) is 4.83 Å². The van der Waals surface area contributed by atoms with Gasteiger partial charge >= 0.3 is 0 Å². The number of rotatable bonds is 8. The lowest BCUT2D eigenvalue weighted by atomic mass is 10.0. The molecule has 0 unspecified atom stereocenters. The van der Waals surface area contributed by atoms with Crippen LogP contribution < -0.4 is 10.9 Å². The summed E-state index contributed by atoms with van der Waals surface area (Å²) in [5, 5.41) is 5.80. The Labute approximate surface area is 199 Å². The van der Waals surface area contributed by atoms with Crippen molar-refractivity contribution >= 4 is 45.0 Å². The number of hydrogen-bond acceptors (Lipinski definition) is 6. The first-order valence-electron chi connectivity index (χ1n) is 10.4. The van der Waals surface area contributed by atoms with E-state index in [0.29, 0.717) is 21.8 Å². The number of amides is 1. The number of thiophene rings is 1. The number of carbonyl (C=O) groups excluding carboxylic acids is 2. The predicted octanol–water partition coefficient (Wildman–Crippen LogP) is 4.07. The monoisotopic (exact) mass is 477 g/mol. The second-order valence-corrected chi connectivity index (χ2v) is 9.46. The van der Waals surface area contributed by atoms with Crippen molar-refractivity contribution in [3.8, 4) is 11.1 Å². The fraction of sp³-hybridized carbons (Fsp3) is 0.200. The van der Waals surface area contributed by atoms with E-state index in [1.165, 1.54) is 34.6 Å². The van der Waals surface area contributed by atoms with Crippen LogP contribution in [0.2, 0.25) is 0 Å². The van der Waals surface area contributed by atoms with Gasteiger partial charge in [-0.3, -0.25) is 19.0 Å². The highest BCUT2D eigenvalue weighted by Gasteiger charge is 2.20. The molecule has 1 atom stereocenters. The van der Waals surface area contributed by atoms with E-state index in [0.717, 1.165) is 16.7 Å². The quantitative estimate of drug-likeness (QED) is 0.306. The summed E-state index contributed by atoms with van der Waals surface area (Å²) in [4.78, 5) is 43.0. The van der Waals surface area contributed by atoms with Crippen LogP contribution in [0.4, 0.5) is 0 Å². The van der Waals surface area contributed by atoms with Gasteiger partial charge in [0.25, 0.3) is 5.56 Å². The molecule has 8 heteroatoms. The van der Waals surface area contributed by atoms with Crippen LogP contribution >= 0.6 is 23.1 Å². The average Bonchev–Trinajstić information content (AvgIpc) is 3.25. The van der Waals surface area contributed by atoms with E-state index in [2.05, 4.69) is 10.3 Å². The van der Waals surface area contributed by atoms with Crippen LogP contribution in [0, 0.1) is 0 Å². The number of thioether (sulfide) groups is 1. The molecule has 6 nitrogen and oxygen atoms in total. The maximum atomic E-state index is 13.1. The summed E-state index contributed by atoms with van der Waals surface area (Å²) < 4.78 is 1.48. The van der Waals surface area contributed by atoms with Gasteiger partial charge in [-0.05, 0) is 24.5 Å². The molecule has 0 spiro atoms. The molecule has 0 aliphatic carbocycles. The molecule has 2 aromatic carbocycles. The van der Waals surface area contributed by atoms with Gasteiger partial charge in [-0.15, -0.1) is 11.3 Å². The third-order valence-electron chi connectivity index (χ3n) is 5.30. The maximum absolute atomic E-state index is 13.1. The molecule has 168 valence electrons. The minimum Gasteiger partial charge on any atom is -0.345 e. The van der Waals surface area contributed by atoms with Gasteiger partial charge < -0.3 is 5.32 Å². The highest BCUT2D eigenvalue weighted by atomic mass is 32.2. The molecule has 4 rings (SSSR count). The molecule has 0 radical (unpaired) electrons. The Morgan fingerprint density at radius 1 is 1.09 bits per heavy atom. The van der Waals surface area contributed by atoms with Crippen molar-refractivity contribution in [2.75, 3.05) is 5.75 Å². The largest absolute Gasteiger partial charge is 0.345 e. The van der Waals surface area contributed by atoms with Gasteiger partial charge in [-0.25, -0.2) is 4.98 Å². The number of nitrogens with zero attached hydrogens (tertiary/aromatic N) is 2. The summed E-state index contributed by atoms with van der Waals surface area (Å²) in [7, 11) is 1.66. The number of benzene rings is 2. The first-order chi connectivity index (χ1) is 15.9. The van der Waals surface area contributed by atoms with Crippen LogP contribution in [0.3, 0.4) is 0 Å². The molecule has 33 heavy (non-hydrogen) atoms. The zero-order valence-electron chi connectivity index (χ0n) is 18.3. The summed E-state index contributed by atoms with van der Waals surface area (Å²) in [5.74, 6) is -0.320. The summed E-state index contributed by atoms with van der Waals surface area (Å²) in [6.07, 6.45) is 0.437. The second-order valence-electron chi connectivity index (χ2n) is 7.66. The van der Waals surface area contributed by atoms with Gasteiger partial charge in [0.2, 0.25) is 5.91 Å². The number of ketones is 1. The predicted molar refractivity (Wildman–Crippen MR) is 134 cm³/mol. The van der Waals surface area contributed by atoms with E-state index in [9.17, 15) is 14.4 Å². The Balaban J connectivity index is 1.49. The molecule has 1 amide bonds. The Kier molecular flexibility index (Phi) is 7.05. The number of nitrogens with one attached hydrogen (secondary N) is 1. The molecule has 0 bridgehead atoms. The minimum atomic E-state index is -0.592. The Hall–Kier alpha value is -3.23. The lowest BCUT2D eigenvalue weighted by Crippen LogP contribution is -2.42. The molecule has 0 aliphatic rings. The fourth-order valence-corrected chi connectivity index (χ4v) is 5.30. The highest BCUT2D eigenvalue weighted by molar-refractivity contribution is 7.99. The first-order valence-corrected chi connectivity index (χ1v) is 12.3. The number of carbonyl (C=O) groups is 2. The van der Waals surface area contributed by atoms with Crippen molar-refractivity contribution in [2.24, 2.45) is 7.05 Å². The molecule has 0 saturated carbocycles. The summed E-state index contributed by atoms with van der Waals surface area (Å²) in [6, 6.07) is 18.7. The van der Waals surface area contributed by atoms with E-state index < -0.39 is 6.04 Å². The molecule has 4 aromatic rings. The number of fused-ring (bicyclic) bond motifs is 1. The third kappa shape index (κ3) is 5.23. The van der Waals surface area contributed by atoms with E-state index in [4.69, 9.17) is 0 Å². The average molecular weight is 478 g/mol. The number of hydrogen-bond donors (Lipinski definition) is 1. The molecule has 0 aliphatic heterocycles. The van der Waals surface area contributed by atoms with Gasteiger partial charge in [0, 0.05) is 18.0 Å². The van der Waals surface area contributed by atoms with Gasteiger partial charge in [0.05, 0.1) is 17.2 Å². The lowest BCUT2D eigenvalue weighted by molar-refractivity contribution is -0.125. The molecular weight excluding hydrogens is 454 g/mol. The van der Waals surface area contributed by atoms with Gasteiger partial charge in [0.15, 0.2) is 10.9 Å². The second kappa shape index (κ2) is 10.1. The smallest absolute Gasteiger partial charge is 0.263 e. The SMILES string of the molecule is CC(=O)[C@H](Cc1ccccc1)NC(=O)CSc1nc2scc(-c3ccccc3)c2c(=O)n1C. The van der Waals surface area contributed by atoms with Gasteiger partial charge in [-0.2, -0.15) is 0 Å². The maximum Gasteiger partial charge on any atom is 0.263 e. The standard InChI is InChI=1S/C25H23N3O3S2/c1-16(29)20(13-17-9-5-3-6-10-17)26-21(30)15-33-25-27-23-22(24(31)28(25)2)19(14-32-23)18-11-7-4-8-12-18/h3-12,14,20H,13,15H2,1-2H3,(H,26,30)/t20-/m0/s1. The van der Waals surface area contributed by atoms with Crippen molar-refractivity contribution in [1.82, 2.24) is 14.9 Å². The van der Waals surface area contributed by atoms with E-state index in [-0.39, 0.29) is 23.0 Å². The normalized spacial score (nSPS) is 11.9. The van der Waals surface area contributed by atoms with E-state index in [1.54, 1.807) is 7.05 Å². The summed E-state index contributed by atoms with van der Waals surface area (Å²) in [6.45, 7) is 1.47. The van der Waals surface area contributed by atoms with Crippen molar-refractivity contribution in [3.63, 3.8) is 0 Å². The number of aromatic nitrogens is 2. The van der Waals surface area contributed by atoms with Crippen LogP contribution in [-0.2, 0) is 23.1 Å². The molecule has 0 fully saturated rings. The van der Waals surface area contributed by atoms with Crippen LogP contribution in [-0.4, -0.2) is 33.0 Å². The van der Waals surface area contributed by atoms with Crippen molar-refractivity contribution in [2.45, 2.75) is 24.5 Å². The third-order valence-corrected chi connectivity index (χ3v) is 7.20. The molecular formula is C25H23N3O3S2. The Morgan fingerprint density at radius 3 is 2.42 bits per heavy atom.